The summed E-state index contributed by atoms with van der Waals surface area (Å²) in [6.07, 6.45) is 0. The smallest absolute Gasteiger partial charge is 0.333 e. The van der Waals surface area contributed by atoms with Gasteiger partial charge < -0.3 is 4.84 Å². The molecule has 1 N–H and O–H groups in total. The van der Waals surface area contributed by atoms with Gasteiger partial charge in [-0.25, -0.2) is 13.2 Å². The molecule has 0 bridgehead atoms. The Morgan fingerprint density at radius 2 is 1.68 bits per heavy atom. The normalized spacial score (nSPS) is 12.6. The monoisotopic (exact) mass is 383 g/mol. The summed E-state index contributed by atoms with van der Waals surface area (Å²) >= 11 is 3.15. The highest BCUT2D eigenvalue weighted by atomic mass is 79.9. The summed E-state index contributed by atoms with van der Waals surface area (Å²) in [5, 5.41) is 0. The van der Waals surface area contributed by atoms with E-state index in [1.807, 2.05) is 11.0 Å². The molecule has 0 aliphatic carbocycles. The van der Waals surface area contributed by atoms with Gasteiger partial charge in [0.25, 0.3) is 10.0 Å². The molecule has 0 saturated carbocycles. The lowest BCUT2D eigenvalue weighted by atomic mass is 10.0. The van der Waals surface area contributed by atoms with Crippen LogP contribution in [0.4, 0.5) is 0 Å². The highest BCUT2D eigenvalue weighted by Crippen LogP contribution is 2.21. The lowest BCUT2D eigenvalue weighted by molar-refractivity contribution is -0.148. The first-order valence-electron chi connectivity index (χ1n) is 6.44. The van der Waals surface area contributed by atoms with E-state index in [4.69, 9.17) is 4.84 Å². The molecular formula is C15H14BrNO4S. The zero-order valence-corrected chi connectivity index (χ0v) is 14.1. The van der Waals surface area contributed by atoms with Crippen LogP contribution in [0.25, 0.3) is 0 Å². The molecule has 2 aromatic rings. The summed E-state index contributed by atoms with van der Waals surface area (Å²) in [6, 6.07) is 15.2. The zero-order valence-electron chi connectivity index (χ0n) is 11.7. The quantitative estimate of drug-likeness (QED) is 0.805. The van der Waals surface area contributed by atoms with E-state index in [0.29, 0.717) is 4.47 Å². The minimum atomic E-state index is -3.94. The molecule has 0 fully saturated rings. The molecule has 0 unspecified atom stereocenters. The average Bonchev–Trinajstić information content (AvgIpc) is 2.53. The molecule has 0 saturated heterocycles. The number of rotatable bonds is 5. The maximum atomic E-state index is 12.1. The Hall–Kier alpha value is -1.70. The van der Waals surface area contributed by atoms with Gasteiger partial charge in [0.2, 0.25) is 0 Å². The number of sulfonamides is 1. The number of carbonyl (C=O) groups excluding carboxylic acids is 1. The van der Waals surface area contributed by atoms with E-state index in [2.05, 4.69) is 15.9 Å². The predicted molar refractivity (Wildman–Crippen MR) is 85.4 cm³/mol. The van der Waals surface area contributed by atoms with Gasteiger partial charge in [0, 0.05) is 4.47 Å². The first-order chi connectivity index (χ1) is 10.4. The Labute approximate surface area is 137 Å². The number of nitrogens with one attached hydrogen (secondary N) is 1. The van der Waals surface area contributed by atoms with Gasteiger partial charge >= 0.3 is 5.97 Å². The third-order valence-electron chi connectivity index (χ3n) is 3.03. The van der Waals surface area contributed by atoms with Crippen molar-refractivity contribution in [2.45, 2.75) is 17.7 Å². The van der Waals surface area contributed by atoms with Crippen LogP contribution in [0.5, 0.6) is 0 Å². The van der Waals surface area contributed by atoms with Gasteiger partial charge in [-0.15, -0.1) is 0 Å². The molecule has 0 radical (unpaired) electrons. The van der Waals surface area contributed by atoms with Crippen LogP contribution >= 0.6 is 15.9 Å². The van der Waals surface area contributed by atoms with Gasteiger partial charge in [0.1, 0.15) is 0 Å². The van der Waals surface area contributed by atoms with E-state index < -0.39 is 21.9 Å². The van der Waals surface area contributed by atoms with Crippen LogP contribution in [-0.2, 0) is 19.7 Å². The molecule has 0 amide bonds. The van der Waals surface area contributed by atoms with Crippen LogP contribution in [0.1, 0.15) is 18.4 Å². The highest BCUT2D eigenvalue weighted by Gasteiger charge is 2.22. The van der Waals surface area contributed by atoms with Crippen molar-refractivity contribution in [3.63, 3.8) is 0 Å². The molecule has 0 aromatic heterocycles. The number of hydrogen-bond donors (Lipinski definition) is 1. The maximum absolute atomic E-state index is 12.1. The lowest BCUT2D eigenvalue weighted by Crippen LogP contribution is -2.29. The predicted octanol–water partition coefficient (Wildman–Crippen LogP) is 2.99. The fourth-order valence-corrected chi connectivity index (χ4v) is 3.56. The Balaban J connectivity index is 2.06. The van der Waals surface area contributed by atoms with Gasteiger partial charge in [0.15, 0.2) is 0 Å². The van der Waals surface area contributed by atoms with Crippen molar-refractivity contribution in [1.82, 2.24) is 4.89 Å². The SMILES string of the molecule is C[C@H](C(=O)ONS(=O)(=O)c1ccccc1Br)c1ccccc1. The first-order valence-corrected chi connectivity index (χ1v) is 8.71. The number of hydrogen-bond acceptors (Lipinski definition) is 4. The summed E-state index contributed by atoms with van der Waals surface area (Å²) in [5.41, 5.74) is 0.743. The lowest BCUT2D eigenvalue weighted by Gasteiger charge is -2.12. The van der Waals surface area contributed by atoms with Gasteiger partial charge in [-0.1, -0.05) is 42.5 Å². The van der Waals surface area contributed by atoms with Crippen molar-refractivity contribution in [3.05, 3.63) is 64.6 Å². The topological polar surface area (TPSA) is 72.5 Å². The third-order valence-corrected chi connectivity index (χ3v) is 5.22. The van der Waals surface area contributed by atoms with E-state index in [1.54, 1.807) is 49.4 Å². The summed E-state index contributed by atoms with van der Waals surface area (Å²) < 4.78 is 24.6. The second-order valence-corrected chi connectivity index (χ2v) is 7.04. The van der Waals surface area contributed by atoms with Crippen LogP contribution in [0.15, 0.2) is 64.0 Å². The first kappa shape index (κ1) is 16.7. The van der Waals surface area contributed by atoms with Crippen LogP contribution in [-0.4, -0.2) is 14.4 Å². The zero-order chi connectivity index (χ0) is 16.2. The standard InChI is InChI=1S/C15H14BrNO4S/c1-11(12-7-3-2-4-8-12)15(18)21-17-22(19,20)14-10-6-5-9-13(14)16/h2-11,17H,1H3/t11-/m0/s1. The second-order valence-electron chi connectivity index (χ2n) is 4.57. The molecule has 0 aliphatic rings. The Morgan fingerprint density at radius 3 is 2.32 bits per heavy atom. The summed E-state index contributed by atoms with van der Waals surface area (Å²) in [5.74, 6) is -1.26. The van der Waals surface area contributed by atoms with Crippen molar-refractivity contribution in [1.29, 1.82) is 0 Å². The van der Waals surface area contributed by atoms with E-state index >= 15 is 0 Å². The largest absolute Gasteiger partial charge is 0.355 e. The fraction of sp³-hybridized carbons (Fsp3) is 0.133. The molecule has 0 aliphatic heterocycles. The van der Waals surface area contributed by atoms with Crippen LogP contribution in [0.3, 0.4) is 0 Å². The van der Waals surface area contributed by atoms with Crippen molar-refractivity contribution in [2.75, 3.05) is 0 Å². The molecule has 22 heavy (non-hydrogen) atoms. The molecular weight excluding hydrogens is 370 g/mol. The molecule has 2 rings (SSSR count). The van der Waals surface area contributed by atoms with E-state index in [1.165, 1.54) is 6.07 Å². The minimum absolute atomic E-state index is 0.00448. The van der Waals surface area contributed by atoms with Crippen LogP contribution in [0.2, 0.25) is 0 Å². The Morgan fingerprint density at radius 1 is 1.09 bits per heavy atom. The number of carbonyl (C=O) groups is 1. The molecule has 7 heteroatoms. The Kier molecular flexibility index (Phi) is 5.33. The van der Waals surface area contributed by atoms with Crippen molar-refractivity contribution in [3.8, 4) is 0 Å². The molecule has 0 heterocycles. The average molecular weight is 384 g/mol. The van der Waals surface area contributed by atoms with Gasteiger partial charge in [-0.05, 0) is 45.4 Å². The van der Waals surface area contributed by atoms with Crippen LogP contribution < -0.4 is 4.89 Å². The second kappa shape index (κ2) is 7.04. The molecule has 5 nitrogen and oxygen atoms in total. The molecule has 0 spiro atoms. The summed E-state index contributed by atoms with van der Waals surface area (Å²) in [6.45, 7) is 1.64. The Bertz CT molecular complexity index is 762. The summed E-state index contributed by atoms with van der Waals surface area (Å²) in [4.78, 5) is 18.5. The fourth-order valence-electron chi connectivity index (χ4n) is 1.77. The summed E-state index contributed by atoms with van der Waals surface area (Å²) in [7, 11) is -3.94. The number of benzene rings is 2. The van der Waals surface area contributed by atoms with Crippen molar-refractivity contribution < 1.29 is 18.0 Å². The van der Waals surface area contributed by atoms with Gasteiger partial charge in [0.05, 0.1) is 10.8 Å². The van der Waals surface area contributed by atoms with Gasteiger partial charge in [-0.2, -0.15) is 0 Å². The third kappa shape index (κ3) is 3.94. The van der Waals surface area contributed by atoms with Crippen molar-refractivity contribution in [2.24, 2.45) is 0 Å². The van der Waals surface area contributed by atoms with Crippen LogP contribution in [0, 0.1) is 0 Å². The molecule has 1 atom stereocenters. The van der Waals surface area contributed by atoms with E-state index in [9.17, 15) is 13.2 Å². The van der Waals surface area contributed by atoms with Gasteiger partial charge in [-0.3, -0.25) is 0 Å². The van der Waals surface area contributed by atoms with E-state index in [0.717, 1.165) is 5.56 Å². The maximum Gasteiger partial charge on any atom is 0.333 e. The molecule has 2 aromatic carbocycles. The van der Waals surface area contributed by atoms with E-state index in [-0.39, 0.29) is 4.90 Å². The van der Waals surface area contributed by atoms with Crippen molar-refractivity contribution >= 4 is 31.9 Å². The number of halogens is 1. The minimum Gasteiger partial charge on any atom is -0.355 e. The molecule has 116 valence electrons. The highest BCUT2D eigenvalue weighted by molar-refractivity contribution is 9.10.